The highest BCUT2D eigenvalue weighted by molar-refractivity contribution is 7.90. The van der Waals surface area contributed by atoms with Gasteiger partial charge in [-0.2, -0.15) is 0 Å². The van der Waals surface area contributed by atoms with Gasteiger partial charge in [0.2, 0.25) is 16.0 Å². The maximum atomic E-state index is 11.9. The van der Waals surface area contributed by atoms with Crippen LogP contribution in [0, 0.1) is 11.8 Å². The zero-order valence-electron chi connectivity index (χ0n) is 16.8. The van der Waals surface area contributed by atoms with Crippen LogP contribution in [-0.4, -0.2) is 40.1 Å². The van der Waals surface area contributed by atoms with Gasteiger partial charge in [0.25, 0.3) is 0 Å². The monoisotopic (exact) mass is 456 g/mol. The zero-order valence-corrected chi connectivity index (χ0v) is 18.5. The Hall–Kier alpha value is -3.26. The molecule has 0 atom stereocenters. The number of sulfonamides is 1. The minimum atomic E-state index is -3.42. The smallest absolute Gasteiger partial charge is 0.228 e. The first-order valence-corrected chi connectivity index (χ1v) is 12.6. The number of anilines is 2. The summed E-state index contributed by atoms with van der Waals surface area (Å²) in [4.78, 5) is 8.69. The van der Waals surface area contributed by atoms with Crippen molar-refractivity contribution < 1.29 is 16.8 Å². The summed E-state index contributed by atoms with van der Waals surface area (Å²) in [6, 6.07) is 14.9. The zero-order chi connectivity index (χ0) is 22.5. The van der Waals surface area contributed by atoms with Crippen LogP contribution in [0.5, 0.6) is 0 Å². The largest absolute Gasteiger partial charge is 0.324 e. The van der Waals surface area contributed by atoms with Crippen LogP contribution in [0.25, 0.3) is 0 Å². The quantitative estimate of drug-likeness (QED) is 0.545. The highest BCUT2D eigenvalue weighted by Crippen LogP contribution is 2.17. The Bertz CT molecular complexity index is 1360. The number of hydrogen-bond acceptors (Lipinski definition) is 7. The molecular weight excluding hydrogens is 436 g/mol. The van der Waals surface area contributed by atoms with E-state index in [-0.39, 0.29) is 10.6 Å². The Kier molecular flexibility index (Phi) is 6.70. The predicted octanol–water partition coefficient (Wildman–Crippen LogP) is 2.07. The first kappa shape index (κ1) is 22.4. The number of nitrogens with one attached hydrogen (secondary N) is 2. The average Bonchev–Trinajstić information content (AvgIpc) is 2.73. The molecule has 0 fully saturated rings. The third-order valence-corrected chi connectivity index (χ3v) is 6.63. The highest BCUT2D eigenvalue weighted by Gasteiger charge is 2.11. The van der Waals surface area contributed by atoms with Gasteiger partial charge in [0, 0.05) is 23.7 Å². The van der Waals surface area contributed by atoms with Gasteiger partial charge in [0.1, 0.15) is 5.69 Å². The molecule has 0 unspecified atom stereocenters. The molecular formula is C21H20N4O4S2. The Labute approximate surface area is 181 Å². The lowest BCUT2D eigenvalue weighted by Crippen LogP contribution is -2.20. The molecule has 1 aromatic heterocycles. The van der Waals surface area contributed by atoms with E-state index in [9.17, 15) is 16.8 Å². The summed E-state index contributed by atoms with van der Waals surface area (Å²) in [6.07, 6.45) is 2.69. The molecule has 0 amide bonds. The van der Waals surface area contributed by atoms with Crippen molar-refractivity contribution in [3.05, 3.63) is 77.6 Å². The van der Waals surface area contributed by atoms with Gasteiger partial charge in [0.05, 0.1) is 10.6 Å². The maximum absolute atomic E-state index is 11.9. The van der Waals surface area contributed by atoms with Gasteiger partial charge in [-0.15, -0.1) is 0 Å². The number of hydrogen-bond donors (Lipinski definition) is 2. The first-order chi connectivity index (χ1) is 14.7. The fourth-order valence-corrected chi connectivity index (χ4v) is 4.02. The summed E-state index contributed by atoms with van der Waals surface area (Å²) in [5, 5.41) is 3.00. The van der Waals surface area contributed by atoms with Gasteiger partial charge < -0.3 is 5.32 Å². The van der Waals surface area contributed by atoms with E-state index < -0.39 is 19.9 Å². The van der Waals surface area contributed by atoms with Crippen LogP contribution in [0.15, 0.2) is 65.7 Å². The van der Waals surface area contributed by atoms with Gasteiger partial charge in [0.15, 0.2) is 9.84 Å². The second kappa shape index (κ2) is 9.26. The van der Waals surface area contributed by atoms with Gasteiger partial charge in [-0.3, -0.25) is 0 Å². The molecule has 2 aromatic carbocycles. The van der Waals surface area contributed by atoms with E-state index >= 15 is 0 Å². The van der Waals surface area contributed by atoms with Gasteiger partial charge in [-0.1, -0.05) is 24.1 Å². The highest BCUT2D eigenvalue weighted by atomic mass is 32.2. The van der Waals surface area contributed by atoms with E-state index in [0.717, 1.165) is 6.26 Å². The predicted molar refractivity (Wildman–Crippen MR) is 119 cm³/mol. The van der Waals surface area contributed by atoms with Crippen LogP contribution < -0.4 is 10.0 Å². The van der Waals surface area contributed by atoms with E-state index in [0.29, 0.717) is 28.5 Å². The number of aromatic nitrogens is 2. The molecule has 10 heteroatoms. The molecule has 0 aliphatic heterocycles. The normalized spacial score (nSPS) is 11.4. The van der Waals surface area contributed by atoms with Crippen molar-refractivity contribution in [2.24, 2.45) is 0 Å². The minimum absolute atomic E-state index is 0.172. The van der Waals surface area contributed by atoms with Crippen molar-refractivity contribution in [2.75, 3.05) is 18.6 Å². The van der Waals surface area contributed by atoms with Gasteiger partial charge in [-0.05, 0) is 54.9 Å². The van der Waals surface area contributed by atoms with E-state index in [4.69, 9.17) is 0 Å². The van der Waals surface area contributed by atoms with Crippen molar-refractivity contribution in [3.63, 3.8) is 0 Å². The molecule has 0 bridgehead atoms. The maximum Gasteiger partial charge on any atom is 0.228 e. The summed E-state index contributed by atoms with van der Waals surface area (Å²) in [5.41, 5.74) is 2.24. The number of benzene rings is 2. The van der Waals surface area contributed by atoms with Gasteiger partial charge in [-0.25, -0.2) is 31.5 Å². The van der Waals surface area contributed by atoms with Crippen LogP contribution >= 0.6 is 0 Å². The standard InChI is InChI=1S/C21H20N4O4S2/c1-22-31(28,29)15-17-6-4-3-5-16(17)7-8-19-13-14-23-21(25-19)24-18-9-11-20(12-10-18)30(2,26)27/h3-6,9-14,22H,15H2,1-2H3,(H,23,24,25). The summed E-state index contributed by atoms with van der Waals surface area (Å²) in [6.45, 7) is 0. The lowest BCUT2D eigenvalue weighted by atomic mass is 10.1. The average molecular weight is 457 g/mol. The lowest BCUT2D eigenvalue weighted by molar-refractivity contribution is 0.587. The summed E-state index contributed by atoms with van der Waals surface area (Å²) in [7, 11) is -5.32. The molecule has 3 aromatic rings. The van der Waals surface area contributed by atoms with Crippen molar-refractivity contribution in [3.8, 4) is 11.8 Å². The second-order valence-corrected chi connectivity index (χ2v) is 10.5. The summed E-state index contributed by atoms with van der Waals surface area (Å²) >= 11 is 0. The lowest BCUT2D eigenvalue weighted by Gasteiger charge is -2.06. The molecule has 2 N–H and O–H groups in total. The number of rotatable bonds is 6. The molecule has 31 heavy (non-hydrogen) atoms. The molecule has 0 saturated carbocycles. The van der Waals surface area contributed by atoms with Crippen LogP contribution in [0.3, 0.4) is 0 Å². The fraction of sp³-hybridized carbons (Fsp3) is 0.143. The van der Waals surface area contributed by atoms with E-state index in [2.05, 4.69) is 31.8 Å². The SMILES string of the molecule is CNS(=O)(=O)Cc1ccccc1C#Cc1ccnc(Nc2ccc(S(C)(=O)=O)cc2)n1. The molecule has 0 saturated heterocycles. The Morgan fingerprint density at radius 3 is 2.32 bits per heavy atom. The minimum Gasteiger partial charge on any atom is -0.324 e. The summed E-state index contributed by atoms with van der Waals surface area (Å²) < 4.78 is 49.1. The molecule has 0 aliphatic carbocycles. The molecule has 1 heterocycles. The number of sulfone groups is 1. The van der Waals surface area contributed by atoms with Crippen LogP contribution in [0.4, 0.5) is 11.6 Å². The Morgan fingerprint density at radius 1 is 0.935 bits per heavy atom. The molecule has 0 spiro atoms. The van der Waals surface area contributed by atoms with E-state index in [1.54, 1.807) is 48.7 Å². The molecule has 0 radical (unpaired) electrons. The van der Waals surface area contributed by atoms with E-state index in [1.165, 1.54) is 19.2 Å². The van der Waals surface area contributed by atoms with E-state index in [1.807, 2.05) is 0 Å². The first-order valence-electron chi connectivity index (χ1n) is 9.08. The van der Waals surface area contributed by atoms with Crippen molar-refractivity contribution >= 4 is 31.5 Å². The second-order valence-electron chi connectivity index (χ2n) is 6.56. The third-order valence-electron chi connectivity index (χ3n) is 4.19. The van der Waals surface area contributed by atoms with Crippen molar-refractivity contribution in [1.82, 2.24) is 14.7 Å². The number of nitrogens with zero attached hydrogens (tertiary/aromatic N) is 2. The topological polar surface area (TPSA) is 118 Å². The van der Waals surface area contributed by atoms with Gasteiger partial charge >= 0.3 is 0 Å². The third kappa shape index (κ3) is 6.36. The molecule has 0 aliphatic rings. The molecule has 3 rings (SSSR count). The molecule has 160 valence electrons. The summed E-state index contributed by atoms with van der Waals surface area (Å²) in [5.74, 6) is 6.01. The Morgan fingerprint density at radius 2 is 1.65 bits per heavy atom. The fourth-order valence-electron chi connectivity index (χ4n) is 2.58. The molecule has 8 nitrogen and oxygen atoms in total. The Balaban J connectivity index is 1.81. The van der Waals surface area contributed by atoms with Crippen LogP contribution in [-0.2, 0) is 25.6 Å². The van der Waals surface area contributed by atoms with Crippen LogP contribution in [0.1, 0.15) is 16.8 Å². The van der Waals surface area contributed by atoms with Crippen LogP contribution in [0.2, 0.25) is 0 Å². The van der Waals surface area contributed by atoms with Crippen molar-refractivity contribution in [1.29, 1.82) is 0 Å². The van der Waals surface area contributed by atoms with Crippen molar-refractivity contribution in [2.45, 2.75) is 10.6 Å².